The van der Waals surface area contributed by atoms with Crippen molar-refractivity contribution in [1.29, 1.82) is 0 Å². The highest BCUT2D eigenvalue weighted by Gasteiger charge is 2.56. The number of hydrogen-bond donors (Lipinski definition) is 4. The molecule has 4 N–H and O–H groups in total. The van der Waals surface area contributed by atoms with Crippen LogP contribution in [0, 0.1) is 17.8 Å². The molecule has 4 rings (SSSR count). The Morgan fingerprint density at radius 1 is 0.981 bits per heavy atom. The fourth-order valence-corrected chi connectivity index (χ4v) is 9.00. The third-order valence-electron chi connectivity index (χ3n) is 12.6. The van der Waals surface area contributed by atoms with Crippen molar-refractivity contribution in [3.63, 3.8) is 0 Å². The first-order chi connectivity index (χ1) is 24.0. The molecule has 13 heteroatoms. The maximum atomic E-state index is 14.2. The van der Waals surface area contributed by atoms with Gasteiger partial charge in [0.25, 0.3) is 0 Å². The minimum Gasteiger partial charge on any atom is -0.489 e. The Balaban J connectivity index is 1.84. The second-order valence-electron chi connectivity index (χ2n) is 17.1. The van der Waals surface area contributed by atoms with Crippen LogP contribution in [0.1, 0.15) is 109 Å². The minimum absolute atomic E-state index is 0.163. The lowest BCUT2D eigenvalue weighted by atomic mass is 9.78. The summed E-state index contributed by atoms with van der Waals surface area (Å²) in [5.74, 6) is -2.33. The summed E-state index contributed by atoms with van der Waals surface area (Å²) >= 11 is 0. The molecule has 302 valence electrons. The van der Waals surface area contributed by atoms with Crippen LogP contribution in [0.25, 0.3) is 0 Å². The van der Waals surface area contributed by atoms with Crippen molar-refractivity contribution in [2.75, 3.05) is 14.2 Å². The third kappa shape index (κ3) is 8.39. The summed E-state index contributed by atoms with van der Waals surface area (Å²) in [5.41, 5.74) is -3.01. The summed E-state index contributed by atoms with van der Waals surface area (Å²) in [5, 5.41) is 46.2. The first-order valence-electron chi connectivity index (χ1n) is 19.3. The van der Waals surface area contributed by atoms with Gasteiger partial charge in [-0.05, 0) is 87.8 Å². The minimum atomic E-state index is -1.82. The predicted molar refractivity (Wildman–Crippen MR) is 193 cm³/mol. The van der Waals surface area contributed by atoms with Crippen molar-refractivity contribution in [3.05, 3.63) is 11.3 Å². The normalized spacial score (nSPS) is 48.2. The van der Waals surface area contributed by atoms with Crippen molar-refractivity contribution in [2.24, 2.45) is 17.8 Å². The van der Waals surface area contributed by atoms with Crippen LogP contribution in [0.3, 0.4) is 0 Å². The zero-order valence-corrected chi connectivity index (χ0v) is 34.0. The van der Waals surface area contributed by atoms with Crippen molar-refractivity contribution in [1.82, 2.24) is 4.90 Å². The van der Waals surface area contributed by atoms with E-state index in [0.29, 0.717) is 18.6 Å². The van der Waals surface area contributed by atoms with Gasteiger partial charge >= 0.3 is 5.97 Å². The van der Waals surface area contributed by atoms with Crippen LogP contribution in [-0.2, 0) is 38.0 Å². The molecule has 4 aliphatic rings. The van der Waals surface area contributed by atoms with E-state index in [1.54, 1.807) is 34.6 Å². The molecule has 4 heterocycles. The van der Waals surface area contributed by atoms with E-state index in [2.05, 4.69) is 18.7 Å². The summed E-state index contributed by atoms with van der Waals surface area (Å²) in [7, 11) is 3.51. The average molecular weight is 744 g/mol. The fourth-order valence-electron chi connectivity index (χ4n) is 9.00. The van der Waals surface area contributed by atoms with Gasteiger partial charge in [-0.15, -0.1) is 0 Å². The molecule has 13 nitrogen and oxygen atoms in total. The zero-order chi connectivity index (χ0) is 39.2. The highest BCUT2D eigenvalue weighted by atomic mass is 16.7. The lowest BCUT2D eigenvalue weighted by molar-refractivity contribution is -0.317. The molecule has 3 fully saturated rings. The molecule has 0 unspecified atom stereocenters. The Morgan fingerprint density at radius 3 is 2.19 bits per heavy atom. The number of fused-ring (bicyclic) bond motifs is 2. The summed E-state index contributed by atoms with van der Waals surface area (Å²) in [6.07, 6.45) is -7.45. The molecule has 0 aliphatic carbocycles. The maximum absolute atomic E-state index is 14.2. The molecule has 0 aromatic carbocycles. The second kappa shape index (κ2) is 16.4. The van der Waals surface area contributed by atoms with Gasteiger partial charge in [0, 0.05) is 43.9 Å². The van der Waals surface area contributed by atoms with Crippen molar-refractivity contribution in [3.8, 4) is 0 Å². The van der Waals surface area contributed by atoms with Crippen LogP contribution in [-0.4, -0.2) is 136 Å². The van der Waals surface area contributed by atoms with Crippen LogP contribution in [0.2, 0.25) is 0 Å². The highest BCUT2D eigenvalue weighted by Crippen LogP contribution is 2.47. The molecular formula is C39H69NO12. The van der Waals surface area contributed by atoms with Crippen molar-refractivity contribution in [2.45, 2.75) is 199 Å². The van der Waals surface area contributed by atoms with E-state index in [0.717, 1.165) is 5.57 Å². The number of likely N-dealkylation sites (N-methyl/N-ethyl adjacent to an activating group) is 1. The van der Waals surface area contributed by atoms with Gasteiger partial charge in [-0.1, -0.05) is 20.8 Å². The van der Waals surface area contributed by atoms with Gasteiger partial charge in [0.2, 0.25) is 0 Å². The number of aliphatic hydroxyl groups excluding tert-OH is 3. The molecule has 4 aliphatic heterocycles. The largest absolute Gasteiger partial charge is 0.489 e. The van der Waals surface area contributed by atoms with E-state index in [1.165, 1.54) is 14.0 Å². The molecule has 0 aromatic heterocycles. The number of aliphatic hydroxyl groups is 4. The van der Waals surface area contributed by atoms with Crippen LogP contribution < -0.4 is 0 Å². The maximum Gasteiger partial charge on any atom is 0.311 e. The van der Waals surface area contributed by atoms with E-state index in [-0.39, 0.29) is 31.0 Å². The number of cyclic esters (lactones) is 1. The molecule has 0 aromatic rings. The van der Waals surface area contributed by atoms with Gasteiger partial charge in [0.1, 0.15) is 41.4 Å². The van der Waals surface area contributed by atoms with Crippen LogP contribution >= 0.6 is 0 Å². The van der Waals surface area contributed by atoms with E-state index in [1.807, 2.05) is 34.7 Å². The molecule has 2 bridgehead atoms. The predicted octanol–water partition coefficient (Wildman–Crippen LogP) is 3.67. The third-order valence-corrected chi connectivity index (χ3v) is 12.6. The van der Waals surface area contributed by atoms with Crippen LogP contribution in [0.5, 0.6) is 0 Å². The summed E-state index contributed by atoms with van der Waals surface area (Å²) < 4.78 is 44.9. The lowest BCUT2D eigenvalue weighted by Crippen LogP contribution is -2.61. The van der Waals surface area contributed by atoms with E-state index in [4.69, 9.17) is 33.2 Å². The Labute approximate surface area is 311 Å². The number of rotatable bonds is 8. The SMILES string of the molecule is CC[C@H]1OC(=O)[C@H](C)[C@@H](O[C@H]2C[C@@](C)(OC)[C@@H](O)[C@H](C)O2)[C@H](C)[C@@H](O[C@@H]2O[C@H](C)C[C@H](N(C)C(C)C)[C@H]2O)[C@@]2(C)CC(C)=C(O2)[C@H](C)[C@@H](O)[C@]1(C)O. The molecule has 0 radical (unpaired) electrons. The Hall–Kier alpha value is -1.39. The Morgan fingerprint density at radius 2 is 1.62 bits per heavy atom. The van der Waals surface area contributed by atoms with Crippen molar-refractivity contribution < 1.29 is 58.4 Å². The van der Waals surface area contributed by atoms with Gasteiger partial charge in [-0.25, -0.2) is 0 Å². The number of carbonyl (C=O) groups excluding carboxylic acids is 1. The topological polar surface area (TPSA) is 166 Å². The van der Waals surface area contributed by atoms with E-state index < -0.39 is 95.8 Å². The first-order valence-corrected chi connectivity index (χ1v) is 19.3. The monoisotopic (exact) mass is 743 g/mol. The molecule has 17 atom stereocenters. The molecule has 0 saturated carbocycles. The summed E-state index contributed by atoms with van der Waals surface area (Å²) in [4.78, 5) is 16.3. The first kappa shape index (κ1) is 43.3. The van der Waals surface area contributed by atoms with E-state index >= 15 is 0 Å². The van der Waals surface area contributed by atoms with Gasteiger partial charge in [0.05, 0.1) is 35.9 Å². The Bertz CT molecular complexity index is 1260. The standard InChI is InChI=1S/C39H69NO12/c1-15-27-39(12,45)32(42)22(6)30-20(4)17-38(11,52-30)34(51-36-29(41)26(16-21(5)47-36)40(13)19(2)3)23(7)31(24(8)35(44)49-27)50-28-18-37(10,46-14)33(43)25(9)48-28/h19,21-29,31-34,36,41-43,45H,15-18H2,1-14H3/t21-,22+,23+,24-,25+,26+,27-,28+,29-,31+,32-,33+,34-,36+,37-,38-,39-/m1/s1. The number of ether oxygens (including phenoxy) is 7. The van der Waals surface area contributed by atoms with Crippen molar-refractivity contribution >= 4 is 5.97 Å². The zero-order valence-electron chi connectivity index (χ0n) is 34.0. The van der Waals surface area contributed by atoms with Gasteiger partial charge in [0.15, 0.2) is 12.6 Å². The number of methoxy groups -OCH3 is 1. The van der Waals surface area contributed by atoms with Crippen LogP contribution in [0.15, 0.2) is 11.3 Å². The second-order valence-corrected chi connectivity index (χ2v) is 17.1. The smallest absolute Gasteiger partial charge is 0.311 e. The molecule has 0 amide bonds. The quantitative estimate of drug-likeness (QED) is 0.267. The van der Waals surface area contributed by atoms with Gasteiger partial charge in [-0.3, -0.25) is 9.69 Å². The van der Waals surface area contributed by atoms with E-state index in [9.17, 15) is 25.2 Å². The van der Waals surface area contributed by atoms with Gasteiger partial charge < -0.3 is 53.6 Å². The summed E-state index contributed by atoms with van der Waals surface area (Å²) in [6, 6.07) is -0.0815. The molecular weight excluding hydrogens is 674 g/mol. The average Bonchev–Trinajstić information content (AvgIpc) is 3.40. The lowest BCUT2D eigenvalue weighted by Gasteiger charge is -2.49. The molecule has 52 heavy (non-hydrogen) atoms. The molecule has 0 spiro atoms. The number of nitrogens with zero attached hydrogens (tertiary/aromatic N) is 1. The molecule has 3 saturated heterocycles. The number of hydrogen-bond acceptors (Lipinski definition) is 13. The highest BCUT2D eigenvalue weighted by molar-refractivity contribution is 5.73. The number of esters is 1. The van der Waals surface area contributed by atoms with Gasteiger partial charge in [-0.2, -0.15) is 0 Å². The summed E-state index contributed by atoms with van der Waals surface area (Å²) in [6.45, 7) is 22.2. The Kier molecular flexibility index (Phi) is 13.6. The fraction of sp³-hybridized carbons (Fsp3) is 0.923. The van der Waals surface area contributed by atoms with Crippen LogP contribution in [0.4, 0.5) is 0 Å². The number of carbonyl (C=O) groups is 1.